The van der Waals surface area contributed by atoms with Gasteiger partial charge in [-0.25, -0.2) is 9.67 Å². The first-order valence-electron chi connectivity index (χ1n) is 7.06. The number of hydrogen-bond donors (Lipinski definition) is 1. The maximum absolute atomic E-state index is 12.2. The molecule has 0 fully saturated rings. The van der Waals surface area contributed by atoms with Crippen molar-refractivity contribution in [1.82, 2.24) is 14.8 Å². The summed E-state index contributed by atoms with van der Waals surface area (Å²) in [6.07, 6.45) is 3.22. The Kier molecular flexibility index (Phi) is 5.57. The minimum Gasteiger partial charge on any atom is -0.470 e. The third-order valence-electron chi connectivity index (χ3n) is 3.11. The summed E-state index contributed by atoms with van der Waals surface area (Å²) >= 11 is 15.3. The van der Waals surface area contributed by atoms with Gasteiger partial charge in [-0.2, -0.15) is 5.10 Å². The van der Waals surface area contributed by atoms with Gasteiger partial charge in [0.05, 0.1) is 5.02 Å². The lowest BCUT2D eigenvalue weighted by Gasteiger charge is -2.08. The van der Waals surface area contributed by atoms with Crippen LogP contribution in [-0.4, -0.2) is 20.7 Å². The Labute approximate surface area is 161 Å². The highest BCUT2D eigenvalue weighted by molar-refractivity contribution is 9.10. The molecule has 9 heteroatoms. The summed E-state index contributed by atoms with van der Waals surface area (Å²) in [4.78, 5) is 16.2. The van der Waals surface area contributed by atoms with Crippen molar-refractivity contribution < 1.29 is 9.53 Å². The van der Waals surface area contributed by atoms with E-state index in [-0.39, 0.29) is 18.3 Å². The van der Waals surface area contributed by atoms with Gasteiger partial charge in [0.1, 0.15) is 16.6 Å². The summed E-state index contributed by atoms with van der Waals surface area (Å²) in [5, 5.41) is 7.55. The first-order valence-corrected chi connectivity index (χ1v) is 8.61. The predicted molar refractivity (Wildman–Crippen MR) is 99.2 cm³/mol. The monoisotopic (exact) mass is 440 g/mol. The average molecular weight is 442 g/mol. The van der Waals surface area contributed by atoms with Crippen LogP contribution in [0.25, 0.3) is 0 Å². The van der Waals surface area contributed by atoms with Crippen LogP contribution in [0.1, 0.15) is 10.5 Å². The number of halogens is 3. The minimum absolute atomic E-state index is 0.0872. The Bertz CT molecular complexity index is 899. The van der Waals surface area contributed by atoms with Gasteiger partial charge < -0.3 is 10.1 Å². The van der Waals surface area contributed by atoms with Crippen molar-refractivity contribution >= 4 is 50.9 Å². The van der Waals surface area contributed by atoms with Gasteiger partial charge in [0, 0.05) is 16.9 Å². The second kappa shape index (κ2) is 7.86. The van der Waals surface area contributed by atoms with Gasteiger partial charge in [-0.15, -0.1) is 0 Å². The molecule has 0 saturated carbocycles. The van der Waals surface area contributed by atoms with Crippen LogP contribution >= 0.6 is 39.1 Å². The molecule has 3 rings (SSSR count). The quantitative estimate of drug-likeness (QED) is 0.626. The van der Waals surface area contributed by atoms with Crippen molar-refractivity contribution in [1.29, 1.82) is 0 Å². The van der Waals surface area contributed by atoms with Crippen LogP contribution < -0.4 is 10.1 Å². The molecule has 2 heterocycles. The molecule has 0 unspecified atom stereocenters. The van der Waals surface area contributed by atoms with Crippen molar-refractivity contribution in [2.75, 3.05) is 5.32 Å². The summed E-state index contributed by atoms with van der Waals surface area (Å²) in [6, 6.07) is 10.1. The molecule has 0 aliphatic rings. The SMILES string of the molecule is O=C(Nc1ccc(Br)cn1)c1ccn(COc2cccc(Cl)c2Cl)n1. The van der Waals surface area contributed by atoms with Crippen LogP contribution in [0.5, 0.6) is 5.75 Å². The molecule has 128 valence electrons. The highest BCUT2D eigenvalue weighted by atomic mass is 79.9. The number of ether oxygens (including phenoxy) is 1. The number of nitrogens with zero attached hydrogens (tertiary/aromatic N) is 3. The van der Waals surface area contributed by atoms with Gasteiger partial charge in [0.25, 0.3) is 5.91 Å². The Morgan fingerprint density at radius 2 is 2.08 bits per heavy atom. The Balaban J connectivity index is 1.62. The summed E-state index contributed by atoms with van der Waals surface area (Å²) < 4.78 is 7.86. The minimum atomic E-state index is -0.366. The van der Waals surface area contributed by atoms with Crippen molar-refractivity contribution in [2.45, 2.75) is 6.73 Å². The third kappa shape index (κ3) is 4.50. The topological polar surface area (TPSA) is 69.0 Å². The van der Waals surface area contributed by atoms with Gasteiger partial charge in [0.2, 0.25) is 0 Å². The summed E-state index contributed by atoms with van der Waals surface area (Å²) in [7, 11) is 0. The van der Waals surface area contributed by atoms with E-state index in [1.807, 2.05) is 0 Å². The smallest absolute Gasteiger partial charge is 0.277 e. The van der Waals surface area contributed by atoms with E-state index in [4.69, 9.17) is 27.9 Å². The molecule has 0 spiro atoms. The molecule has 0 bridgehead atoms. The molecule has 6 nitrogen and oxygen atoms in total. The number of hydrogen-bond acceptors (Lipinski definition) is 4. The van der Waals surface area contributed by atoms with Gasteiger partial charge >= 0.3 is 0 Å². The fourth-order valence-electron chi connectivity index (χ4n) is 1.92. The molecular weight excluding hydrogens is 431 g/mol. The van der Waals surface area contributed by atoms with Crippen molar-refractivity contribution in [3.8, 4) is 5.75 Å². The highest BCUT2D eigenvalue weighted by Crippen LogP contribution is 2.31. The molecule has 0 saturated heterocycles. The third-order valence-corrected chi connectivity index (χ3v) is 4.38. The normalized spacial score (nSPS) is 10.5. The lowest BCUT2D eigenvalue weighted by molar-refractivity contribution is 0.102. The highest BCUT2D eigenvalue weighted by Gasteiger charge is 2.11. The van der Waals surface area contributed by atoms with Crippen LogP contribution in [-0.2, 0) is 6.73 Å². The van der Waals surface area contributed by atoms with E-state index in [1.54, 1.807) is 48.8 Å². The zero-order valence-corrected chi connectivity index (χ0v) is 15.7. The zero-order chi connectivity index (χ0) is 17.8. The van der Waals surface area contributed by atoms with Crippen molar-refractivity contribution in [3.63, 3.8) is 0 Å². The lowest BCUT2D eigenvalue weighted by Crippen LogP contribution is -2.15. The van der Waals surface area contributed by atoms with Gasteiger partial charge in [-0.3, -0.25) is 4.79 Å². The number of nitrogens with one attached hydrogen (secondary N) is 1. The summed E-state index contributed by atoms with van der Waals surface area (Å²) in [6.45, 7) is 0.0872. The lowest BCUT2D eigenvalue weighted by atomic mass is 10.3. The van der Waals surface area contributed by atoms with Crippen molar-refractivity contribution in [2.24, 2.45) is 0 Å². The van der Waals surface area contributed by atoms with Crippen LogP contribution in [0.4, 0.5) is 5.82 Å². The molecule has 1 amide bonds. The fraction of sp³-hybridized carbons (Fsp3) is 0.0625. The van der Waals surface area contributed by atoms with Crippen LogP contribution in [0, 0.1) is 0 Å². The molecule has 3 aromatic rings. The number of carbonyl (C=O) groups excluding carboxylic acids is 1. The Morgan fingerprint density at radius 3 is 2.84 bits per heavy atom. The Morgan fingerprint density at radius 1 is 1.24 bits per heavy atom. The van der Waals surface area contributed by atoms with Gasteiger partial charge in [0.15, 0.2) is 12.4 Å². The second-order valence-electron chi connectivity index (χ2n) is 4.88. The number of anilines is 1. The standard InChI is InChI=1S/C16H11BrCl2N4O2/c17-10-4-5-14(20-8-10)21-16(24)12-6-7-23(22-12)9-25-13-3-1-2-11(18)15(13)19/h1-8H,9H2,(H,20,21,24). The predicted octanol–water partition coefficient (Wildman–Crippen LogP) is 4.64. The number of pyridine rings is 1. The fourth-order valence-corrected chi connectivity index (χ4v) is 2.50. The largest absolute Gasteiger partial charge is 0.470 e. The van der Waals surface area contributed by atoms with E-state index in [0.717, 1.165) is 4.47 Å². The maximum atomic E-state index is 12.2. The van der Waals surface area contributed by atoms with Crippen LogP contribution in [0.3, 0.4) is 0 Å². The van der Waals surface area contributed by atoms with E-state index < -0.39 is 0 Å². The number of aromatic nitrogens is 3. The molecule has 2 aromatic heterocycles. The maximum Gasteiger partial charge on any atom is 0.277 e. The summed E-state index contributed by atoms with van der Waals surface area (Å²) in [5.74, 6) is 0.508. The van der Waals surface area contributed by atoms with E-state index in [0.29, 0.717) is 21.6 Å². The molecule has 1 aromatic carbocycles. The number of amides is 1. The Hall–Kier alpha value is -2.09. The zero-order valence-electron chi connectivity index (χ0n) is 12.6. The number of carbonyl (C=O) groups is 1. The van der Waals surface area contributed by atoms with E-state index in [1.165, 1.54) is 4.68 Å². The molecule has 0 aliphatic carbocycles. The molecule has 0 aliphatic heterocycles. The van der Waals surface area contributed by atoms with Crippen LogP contribution in [0.2, 0.25) is 10.0 Å². The molecule has 1 N–H and O–H groups in total. The van der Waals surface area contributed by atoms with Crippen molar-refractivity contribution in [3.05, 3.63) is 69.0 Å². The molecular formula is C16H11BrCl2N4O2. The second-order valence-corrected chi connectivity index (χ2v) is 6.58. The molecule has 25 heavy (non-hydrogen) atoms. The van der Waals surface area contributed by atoms with Gasteiger partial charge in [-0.05, 0) is 46.3 Å². The molecule has 0 radical (unpaired) electrons. The number of rotatable bonds is 5. The summed E-state index contributed by atoms with van der Waals surface area (Å²) in [5.41, 5.74) is 0.241. The van der Waals surface area contributed by atoms with E-state index >= 15 is 0 Å². The van der Waals surface area contributed by atoms with E-state index in [9.17, 15) is 4.79 Å². The van der Waals surface area contributed by atoms with E-state index in [2.05, 4.69) is 31.3 Å². The van der Waals surface area contributed by atoms with Crippen LogP contribution in [0.15, 0.2) is 53.3 Å². The molecule has 0 atom stereocenters. The number of benzene rings is 1. The first kappa shape index (κ1) is 17.7. The average Bonchev–Trinajstić information content (AvgIpc) is 3.07. The van der Waals surface area contributed by atoms with Gasteiger partial charge in [-0.1, -0.05) is 29.3 Å². The first-order chi connectivity index (χ1) is 12.0.